The number of nitrogens with zero attached hydrogens (tertiary/aromatic N) is 1. The second-order valence-corrected chi connectivity index (χ2v) is 9.02. The lowest BCUT2D eigenvalue weighted by atomic mass is 9.95. The van der Waals surface area contributed by atoms with E-state index >= 15 is 0 Å². The normalized spacial score (nSPS) is 16.4. The zero-order valence-corrected chi connectivity index (χ0v) is 18.5. The van der Waals surface area contributed by atoms with E-state index in [-0.39, 0.29) is 23.6 Å². The number of nitrogens with two attached hydrogens (primary N) is 1. The van der Waals surface area contributed by atoms with Gasteiger partial charge in [0.25, 0.3) is 11.8 Å². The maximum Gasteiger partial charge on any atom is 0.255 e. The molecule has 1 aliphatic heterocycles. The summed E-state index contributed by atoms with van der Waals surface area (Å²) in [7, 11) is 0. The molecular formula is C26H28N4O3. The van der Waals surface area contributed by atoms with Crippen LogP contribution in [-0.4, -0.2) is 40.7 Å². The van der Waals surface area contributed by atoms with Gasteiger partial charge < -0.3 is 20.9 Å². The number of piperidine rings is 1. The molecule has 5 rings (SSSR count). The van der Waals surface area contributed by atoms with Gasteiger partial charge in [0.1, 0.15) is 0 Å². The number of fused-ring (bicyclic) bond motifs is 3. The molecule has 0 spiro atoms. The van der Waals surface area contributed by atoms with Gasteiger partial charge in [-0.3, -0.25) is 14.4 Å². The second kappa shape index (κ2) is 8.73. The summed E-state index contributed by atoms with van der Waals surface area (Å²) >= 11 is 0. The standard InChI is InChI=1S/C26H28N4O3/c27-24(31)16-11-13-30(14-12-16)26(33)19-6-2-4-8-22(19)29-25(32)17-9-10-23-20(15-17)18-5-1-3-7-21(18)28-23/h2,4,6,8-10,15-16,28H,1,3,5,7,11-14H2,(H2,27,31)(H,29,32). The molecule has 0 saturated carbocycles. The first-order chi connectivity index (χ1) is 16.0. The van der Waals surface area contributed by atoms with Gasteiger partial charge in [-0.05, 0) is 74.4 Å². The maximum absolute atomic E-state index is 13.2. The van der Waals surface area contributed by atoms with Gasteiger partial charge in [0.2, 0.25) is 5.91 Å². The molecule has 0 radical (unpaired) electrons. The minimum absolute atomic E-state index is 0.149. The number of anilines is 1. The van der Waals surface area contributed by atoms with E-state index in [0.29, 0.717) is 42.7 Å². The lowest BCUT2D eigenvalue weighted by molar-refractivity contribution is -0.123. The number of aromatic nitrogens is 1. The molecule has 7 nitrogen and oxygen atoms in total. The van der Waals surface area contributed by atoms with E-state index in [1.807, 2.05) is 18.2 Å². The molecule has 7 heteroatoms. The van der Waals surface area contributed by atoms with Crippen molar-refractivity contribution in [2.45, 2.75) is 38.5 Å². The number of carbonyl (C=O) groups is 3. The summed E-state index contributed by atoms with van der Waals surface area (Å²) in [6, 6.07) is 12.8. The molecule has 170 valence electrons. The SMILES string of the molecule is NC(=O)C1CCN(C(=O)c2ccccc2NC(=O)c2ccc3[nH]c4c(c3c2)CCCC4)CC1. The molecule has 2 aromatic carbocycles. The smallest absolute Gasteiger partial charge is 0.255 e. The molecule has 1 fully saturated rings. The summed E-state index contributed by atoms with van der Waals surface area (Å²) in [5.41, 5.74) is 10.6. The van der Waals surface area contributed by atoms with Crippen LogP contribution in [0.3, 0.4) is 0 Å². The van der Waals surface area contributed by atoms with Crippen molar-refractivity contribution in [1.82, 2.24) is 9.88 Å². The summed E-state index contributed by atoms with van der Waals surface area (Å²) in [4.78, 5) is 42.9. The number of para-hydroxylation sites is 1. The van der Waals surface area contributed by atoms with Crippen molar-refractivity contribution in [2.24, 2.45) is 11.7 Å². The average Bonchev–Trinajstić information content (AvgIpc) is 3.22. The van der Waals surface area contributed by atoms with Crippen LogP contribution in [0, 0.1) is 5.92 Å². The molecule has 1 aliphatic carbocycles. The molecule has 1 aromatic heterocycles. The number of H-pyrrole nitrogens is 1. The Morgan fingerprint density at radius 3 is 2.55 bits per heavy atom. The highest BCUT2D eigenvalue weighted by Gasteiger charge is 2.28. The van der Waals surface area contributed by atoms with Crippen LogP contribution in [0.15, 0.2) is 42.5 Å². The predicted octanol–water partition coefficient (Wildman–Crippen LogP) is 3.64. The predicted molar refractivity (Wildman–Crippen MR) is 127 cm³/mol. The van der Waals surface area contributed by atoms with Crippen LogP contribution < -0.4 is 11.1 Å². The van der Waals surface area contributed by atoms with Crippen LogP contribution in [0.25, 0.3) is 10.9 Å². The van der Waals surface area contributed by atoms with Crippen LogP contribution >= 0.6 is 0 Å². The molecule has 2 heterocycles. The van der Waals surface area contributed by atoms with Crippen LogP contribution in [0.4, 0.5) is 5.69 Å². The number of hydrogen-bond acceptors (Lipinski definition) is 3. The highest BCUT2D eigenvalue weighted by Crippen LogP contribution is 2.30. The van der Waals surface area contributed by atoms with Gasteiger partial charge in [-0.15, -0.1) is 0 Å². The third-order valence-electron chi connectivity index (χ3n) is 6.95. The first-order valence-electron chi connectivity index (χ1n) is 11.6. The Morgan fingerprint density at radius 2 is 1.76 bits per heavy atom. The quantitative estimate of drug-likeness (QED) is 0.572. The molecule has 0 unspecified atom stereocenters. The largest absolute Gasteiger partial charge is 0.369 e. The van der Waals surface area contributed by atoms with Gasteiger partial charge in [-0.1, -0.05) is 12.1 Å². The number of rotatable bonds is 4. The Labute approximate surface area is 192 Å². The summed E-state index contributed by atoms with van der Waals surface area (Å²) < 4.78 is 0. The summed E-state index contributed by atoms with van der Waals surface area (Å²) in [5.74, 6) is -0.882. The number of aryl methyl sites for hydroxylation is 2. The van der Waals surface area contributed by atoms with Crippen molar-refractivity contribution in [1.29, 1.82) is 0 Å². The van der Waals surface area contributed by atoms with Crippen molar-refractivity contribution in [3.63, 3.8) is 0 Å². The number of primary amides is 1. The number of carbonyl (C=O) groups excluding carboxylic acids is 3. The molecule has 1 saturated heterocycles. The van der Waals surface area contributed by atoms with Crippen LogP contribution in [0.1, 0.15) is 57.7 Å². The lowest BCUT2D eigenvalue weighted by Gasteiger charge is -2.31. The topological polar surface area (TPSA) is 108 Å². The number of nitrogens with one attached hydrogen (secondary N) is 2. The molecule has 0 bridgehead atoms. The Bertz CT molecular complexity index is 1240. The number of likely N-dealkylation sites (tertiary alicyclic amines) is 1. The zero-order valence-electron chi connectivity index (χ0n) is 18.5. The molecule has 4 N–H and O–H groups in total. The number of hydrogen-bond donors (Lipinski definition) is 3. The van der Waals surface area contributed by atoms with Crippen molar-refractivity contribution in [3.8, 4) is 0 Å². The molecule has 3 amide bonds. The summed E-state index contributed by atoms with van der Waals surface area (Å²) in [5, 5.41) is 4.05. The third-order valence-corrected chi connectivity index (χ3v) is 6.95. The summed E-state index contributed by atoms with van der Waals surface area (Å²) in [6.07, 6.45) is 5.58. The van der Waals surface area contributed by atoms with Crippen LogP contribution in [0.2, 0.25) is 0 Å². The minimum atomic E-state index is -0.310. The minimum Gasteiger partial charge on any atom is -0.369 e. The first kappa shape index (κ1) is 21.2. The van der Waals surface area contributed by atoms with Crippen molar-refractivity contribution < 1.29 is 14.4 Å². The lowest BCUT2D eigenvalue weighted by Crippen LogP contribution is -2.42. The molecular weight excluding hydrogens is 416 g/mol. The zero-order chi connectivity index (χ0) is 22.9. The number of benzene rings is 2. The average molecular weight is 445 g/mol. The van der Waals surface area contributed by atoms with Gasteiger partial charge >= 0.3 is 0 Å². The Morgan fingerprint density at radius 1 is 1.00 bits per heavy atom. The van der Waals surface area contributed by atoms with Crippen molar-refractivity contribution in [3.05, 3.63) is 64.8 Å². The molecule has 33 heavy (non-hydrogen) atoms. The highest BCUT2D eigenvalue weighted by atomic mass is 16.2. The van der Waals surface area contributed by atoms with Gasteiger partial charge in [-0.25, -0.2) is 0 Å². The van der Waals surface area contributed by atoms with Crippen LogP contribution in [0.5, 0.6) is 0 Å². The van der Waals surface area contributed by atoms with E-state index in [9.17, 15) is 14.4 Å². The first-order valence-corrected chi connectivity index (χ1v) is 11.6. The number of amides is 3. The maximum atomic E-state index is 13.2. The summed E-state index contributed by atoms with van der Waals surface area (Å²) in [6.45, 7) is 0.952. The monoisotopic (exact) mass is 444 g/mol. The number of aromatic amines is 1. The molecule has 2 aliphatic rings. The Balaban J connectivity index is 1.35. The van der Waals surface area contributed by atoms with Gasteiger partial charge in [0, 0.05) is 41.2 Å². The van der Waals surface area contributed by atoms with Gasteiger partial charge in [0.05, 0.1) is 11.3 Å². The Kier molecular flexibility index (Phi) is 5.62. The van der Waals surface area contributed by atoms with E-state index in [1.54, 1.807) is 29.2 Å². The fourth-order valence-corrected chi connectivity index (χ4v) is 5.06. The fraction of sp³-hybridized carbons (Fsp3) is 0.346. The van der Waals surface area contributed by atoms with E-state index in [1.165, 1.54) is 24.1 Å². The van der Waals surface area contributed by atoms with E-state index in [2.05, 4.69) is 10.3 Å². The Hall–Kier alpha value is -3.61. The highest BCUT2D eigenvalue weighted by molar-refractivity contribution is 6.10. The van der Waals surface area contributed by atoms with E-state index in [0.717, 1.165) is 23.7 Å². The fourth-order valence-electron chi connectivity index (χ4n) is 5.06. The van der Waals surface area contributed by atoms with Gasteiger partial charge in [-0.2, -0.15) is 0 Å². The van der Waals surface area contributed by atoms with Crippen molar-refractivity contribution >= 4 is 34.3 Å². The van der Waals surface area contributed by atoms with E-state index in [4.69, 9.17) is 5.73 Å². The van der Waals surface area contributed by atoms with Crippen molar-refractivity contribution in [2.75, 3.05) is 18.4 Å². The van der Waals surface area contributed by atoms with Gasteiger partial charge in [0.15, 0.2) is 0 Å². The third kappa shape index (κ3) is 4.11. The van der Waals surface area contributed by atoms with E-state index < -0.39 is 0 Å². The molecule has 0 atom stereocenters. The second-order valence-electron chi connectivity index (χ2n) is 9.02. The van der Waals surface area contributed by atoms with Crippen LogP contribution in [-0.2, 0) is 17.6 Å². The molecule has 3 aromatic rings.